The van der Waals surface area contributed by atoms with Crippen LogP contribution in [0.15, 0.2) is 29.4 Å². The van der Waals surface area contributed by atoms with Crippen LogP contribution in [0.1, 0.15) is 25.0 Å². The van der Waals surface area contributed by atoms with Crippen molar-refractivity contribution in [2.75, 3.05) is 13.1 Å². The number of amidine groups is 1. The average molecular weight is 247 g/mol. The molecule has 0 aromatic heterocycles. The number of oxime groups is 1. The van der Waals surface area contributed by atoms with Gasteiger partial charge in [0.05, 0.1) is 0 Å². The molecule has 2 atom stereocenters. The summed E-state index contributed by atoms with van der Waals surface area (Å²) in [6, 6.07) is 7.88. The first-order chi connectivity index (χ1) is 8.60. The Morgan fingerprint density at radius 1 is 1.39 bits per heavy atom. The molecule has 98 valence electrons. The largest absolute Gasteiger partial charge is 0.409 e. The molecule has 0 saturated carbocycles. The number of benzene rings is 1. The van der Waals surface area contributed by atoms with Crippen molar-refractivity contribution in [2.45, 2.75) is 20.4 Å². The Morgan fingerprint density at radius 3 is 2.67 bits per heavy atom. The lowest BCUT2D eigenvalue weighted by Gasteiger charge is -2.15. The molecule has 1 heterocycles. The second-order valence-electron chi connectivity index (χ2n) is 5.33. The molecule has 18 heavy (non-hydrogen) atoms. The zero-order chi connectivity index (χ0) is 13.1. The van der Waals surface area contributed by atoms with Gasteiger partial charge in [-0.1, -0.05) is 37.2 Å². The van der Waals surface area contributed by atoms with Crippen molar-refractivity contribution >= 4 is 5.84 Å². The van der Waals surface area contributed by atoms with Gasteiger partial charge < -0.3 is 10.9 Å². The fourth-order valence-electron chi connectivity index (χ4n) is 2.52. The van der Waals surface area contributed by atoms with E-state index >= 15 is 0 Å². The minimum Gasteiger partial charge on any atom is -0.409 e. The molecule has 0 radical (unpaired) electrons. The van der Waals surface area contributed by atoms with Crippen molar-refractivity contribution in [3.8, 4) is 0 Å². The van der Waals surface area contributed by atoms with Crippen LogP contribution in [-0.2, 0) is 6.54 Å². The van der Waals surface area contributed by atoms with E-state index in [-0.39, 0.29) is 5.84 Å². The summed E-state index contributed by atoms with van der Waals surface area (Å²) in [5, 5.41) is 11.7. The van der Waals surface area contributed by atoms with Crippen LogP contribution in [0.5, 0.6) is 0 Å². The molecule has 0 amide bonds. The predicted molar refractivity (Wildman–Crippen MR) is 72.6 cm³/mol. The highest BCUT2D eigenvalue weighted by molar-refractivity contribution is 5.97. The van der Waals surface area contributed by atoms with Crippen LogP contribution in [0.25, 0.3) is 0 Å². The first-order valence-electron chi connectivity index (χ1n) is 6.39. The fourth-order valence-corrected chi connectivity index (χ4v) is 2.52. The van der Waals surface area contributed by atoms with E-state index in [1.807, 2.05) is 18.2 Å². The Balaban J connectivity index is 2.06. The molecular weight excluding hydrogens is 226 g/mol. The van der Waals surface area contributed by atoms with E-state index in [0.29, 0.717) is 0 Å². The van der Waals surface area contributed by atoms with Gasteiger partial charge in [-0.05, 0) is 23.5 Å². The van der Waals surface area contributed by atoms with Gasteiger partial charge in [-0.25, -0.2) is 0 Å². The SMILES string of the molecule is CC1CN(Cc2cccc(C(N)=NO)c2)CC1C. The first-order valence-corrected chi connectivity index (χ1v) is 6.39. The second kappa shape index (κ2) is 5.40. The van der Waals surface area contributed by atoms with E-state index in [0.717, 1.165) is 37.0 Å². The average Bonchev–Trinajstić information content (AvgIpc) is 2.67. The second-order valence-corrected chi connectivity index (χ2v) is 5.33. The monoisotopic (exact) mass is 247 g/mol. The molecule has 4 nitrogen and oxygen atoms in total. The third-order valence-electron chi connectivity index (χ3n) is 3.80. The Hall–Kier alpha value is -1.55. The third-order valence-corrected chi connectivity index (χ3v) is 3.80. The highest BCUT2D eigenvalue weighted by atomic mass is 16.4. The van der Waals surface area contributed by atoms with Crippen molar-refractivity contribution < 1.29 is 5.21 Å². The van der Waals surface area contributed by atoms with Gasteiger partial charge in [-0.3, -0.25) is 4.90 Å². The van der Waals surface area contributed by atoms with Crippen LogP contribution >= 0.6 is 0 Å². The number of nitrogens with two attached hydrogens (primary N) is 1. The molecule has 1 aromatic rings. The molecular formula is C14H21N3O. The van der Waals surface area contributed by atoms with Crippen LogP contribution in [0.3, 0.4) is 0 Å². The Bertz CT molecular complexity index is 434. The Labute approximate surface area is 108 Å². The molecule has 3 N–H and O–H groups in total. The maximum absolute atomic E-state index is 8.69. The summed E-state index contributed by atoms with van der Waals surface area (Å²) < 4.78 is 0. The molecule has 2 unspecified atom stereocenters. The van der Waals surface area contributed by atoms with Crippen LogP contribution in [0.4, 0.5) is 0 Å². The minimum atomic E-state index is 0.167. The Kier molecular flexibility index (Phi) is 3.87. The van der Waals surface area contributed by atoms with Gasteiger partial charge in [0, 0.05) is 25.2 Å². The van der Waals surface area contributed by atoms with Crippen molar-refractivity contribution in [1.82, 2.24) is 4.90 Å². The van der Waals surface area contributed by atoms with Crippen LogP contribution in [-0.4, -0.2) is 29.0 Å². The minimum absolute atomic E-state index is 0.167. The van der Waals surface area contributed by atoms with Crippen molar-refractivity contribution in [1.29, 1.82) is 0 Å². The lowest BCUT2D eigenvalue weighted by molar-refractivity contribution is 0.316. The van der Waals surface area contributed by atoms with E-state index < -0.39 is 0 Å². The zero-order valence-corrected chi connectivity index (χ0v) is 11.0. The summed E-state index contributed by atoms with van der Waals surface area (Å²) in [6.07, 6.45) is 0. The van der Waals surface area contributed by atoms with E-state index in [9.17, 15) is 0 Å². The molecule has 1 aromatic carbocycles. The van der Waals surface area contributed by atoms with Crippen LogP contribution in [0.2, 0.25) is 0 Å². The quantitative estimate of drug-likeness (QED) is 0.371. The number of nitrogens with zero attached hydrogens (tertiary/aromatic N) is 2. The molecule has 1 saturated heterocycles. The van der Waals surface area contributed by atoms with Crippen molar-refractivity contribution in [3.05, 3.63) is 35.4 Å². The lowest BCUT2D eigenvalue weighted by atomic mass is 10.0. The van der Waals surface area contributed by atoms with E-state index in [1.165, 1.54) is 5.56 Å². The van der Waals surface area contributed by atoms with E-state index in [1.54, 1.807) is 0 Å². The predicted octanol–water partition coefficient (Wildman–Crippen LogP) is 1.87. The van der Waals surface area contributed by atoms with Gasteiger partial charge in [0.25, 0.3) is 0 Å². The Morgan fingerprint density at radius 2 is 2.06 bits per heavy atom. The third kappa shape index (κ3) is 2.82. The maximum atomic E-state index is 8.69. The topological polar surface area (TPSA) is 61.8 Å². The first kappa shape index (κ1) is 12.9. The molecule has 1 fully saturated rings. The molecule has 4 heteroatoms. The zero-order valence-electron chi connectivity index (χ0n) is 11.0. The van der Waals surface area contributed by atoms with Crippen molar-refractivity contribution in [3.63, 3.8) is 0 Å². The molecule has 0 aliphatic carbocycles. The van der Waals surface area contributed by atoms with Gasteiger partial charge >= 0.3 is 0 Å². The number of hydrogen-bond donors (Lipinski definition) is 2. The summed E-state index contributed by atoms with van der Waals surface area (Å²) in [7, 11) is 0. The highest BCUT2D eigenvalue weighted by Crippen LogP contribution is 2.23. The van der Waals surface area contributed by atoms with Gasteiger partial charge in [-0.15, -0.1) is 0 Å². The smallest absolute Gasteiger partial charge is 0.170 e. The normalized spacial score (nSPS) is 25.6. The number of hydrogen-bond acceptors (Lipinski definition) is 3. The summed E-state index contributed by atoms with van der Waals surface area (Å²) >= 11 is 0. The maximum Gasteiger partial charge on any atom is 0.170 e. The van der Waals surface area contributed by atoms with Crippen molar-refractivity contribution in [2.24, 2.45) is 22.7 Å². The standard InChI is InChI=1S/C14H21N3O/c1-10-7-17(8-11(10)2)9-12-4-3-5-13(6-12)14(15)16-18/h3-6,10-11,18H,7-9H2,1-2H3,(H2,15,16). The van der Waals surface area contributed by atoms with E-state index in [4.69, 9.17) is 10.9 Å². The van der Waals surface area contributed by atoms with Crippen LogP contribution in [0, 0.1) is 11.8 Å². The van der Waals surface area contributed by atoms with Crippen LogP contribution < -0.4 is 5.73 Å². The number of likely N-dealkylation sites (tertiary alicyclic amines) is 1. The molecule has 2 rings (SSSR count). The summed E-state index contributed by atoms with van der Waals surface area (Å²) in [4.78, 5) is 2.46. The number of rotatable bonds is 3. The summed E-state index contributed by atoms with van der Waals surface area (Å²) in [6.45, 7) is 7.83. The molecule has 0 bridgehead atoms. The van der Waals surface area contributed by atoms with Gasteiger partial charge in [0.15, 0.2) is 5.84 Å². The molecule has 1 aliphatic rings. The molecule has 1 aliphatic heterocycles. The van der Waals surface area contributed by atoms with Gasteiger partial charge in [0.2, 0.25) is 0 Å². The summed E-state index contributed by atoms with van der Waals surface area (Å²) in [5.41, 5.74) is 7.58. The molecule has 0 spiro atoms. The van der Waals surface area contributed by atoms with E-state index in [2.05, 4.69) is 30.0 Å². The lowest BCUT2D eigenvalue weighted by Crippen LogP contribution is -2.20. The highest BCUT2D eigenvalue weighted by Gasteiger charge is 2.25. The fraction of sp³-hybridized carbons (Fsp3) is 0.500. The van der Waals surface area contributed by atoms with Gasteiger partial charge in [-0.2, -0.15) is 0 Å². The summed E-state index contributed by atoms with van der Waals surface area (Å²) in [5.74, 6) is 1.69. The van der Waals surface area contributed by atoms with Gasteiger partial charge in [0.1, 0.15) is 0 Å².